The first-order chi connectivity index (χ1) is 12.0. The number of nitrogens with one attached hydrogen (secondary N) is 1. The van der Waals surface area contributed by atoms with Crippen molar-refractivity contribution in [2.45, 2.75) is 39.2 Å². The van der Waals surface area contributed by atoms with Crippen LogP contribution in [0.25, 0.3) is 0 Å². The van der Waals surface area contributed by atoms with Gasteiger partial charge in [0, 0.05) is 30.4 Å². The summed E-state index contributed by atoms with van der Waals surface area (Å²) in [6.45, 7) is 6.27. The van der Waals surface area contributed by atoms with E-state index in [9.17, 15) is 4.79 Å². The molecule has 1 atom stereocenters. The number of aryl methyl sites for hydroxylation is 3. The fourth-order valence-corrected chi connectivity index (χ4v) is 3.52. The normalized spacial score (nSPS) is 17.1. The van der Waals surface area contributed by atoms with Crippen molar-refractivity contribution in [2.75, 3.05) is 19.6 Å². The second-order valence-electron chi connectivity index (χ2n) is 6.72. The summed E-state index contributed by atoms with van der Waals surface area (Å²) in [6, 6.07) is 10.3. The Morgan fingerprint density at radius 2 is 2.08 bits per heavy atom. The average Bonchev–Trinajstić information content (AvgIpc) is 3.19. The summed E-state index contributed by atoms with van der Waals surface area (Å²) in [5.74, 6) is 0. The Bertz CT molecular complexity index is 726. The summed E-state index contributed by atoms with van der Waals surface area (Å²) >= 11 is 5.89. The minimum atomic E-state index is 0.0279. The molecule has 2 aromatic rings. The number of carbonyl (C=O) groups is 1. The molecule has 2 heterocycles. The van der Waals surface area contributed by atoms with Gasteiger partial charge in [-0.15, -0.1) is 0 Å². The molecule has 0 radical (unpaired) electrons. The zero-order chi connectivity index (χ0) is 17.8. The maximum absolute atomic E-state index is 12.3. The van der Waals surface area contributed by atoms with Gasteiger partial charge in [0.25, 0.3) is 0 Å². The van der Waals surface area contributed by atoms with Gasteiger partial charge in [-0.3, -0.25) is 4.68 Å². The van der Waals surface area contributed by atoms with Crippen LogP contribution in [0.1, 0.15) is 35.8 Å². The molecular weight excluding hydrogens is 336 g/mol. The molecule has 1 aliphatic heterocycles. The molecule has 2 amide bonds. The first-order valence-corrected chi connectivity index (χ1v) is 9.20. The number of rotatable bonds is 5. The number of halogens is 1. The number of hydrogen-bond donors (Lipinski definition) is 1. The summed E-state index contributed by atoms with van der Waals surface area (Å²) in [6.07, 6.45) is 2.81. The third kappa shape index (κ3) is 4.54. The van der Waals surface area contributed by atoms with Gasteiger partial charge in [-0.25, -0.2) is 4.79 Å². The summed E-state index contributed by atoms with van der Waals surface area (Å²) < 4.78 is 2.06. The molecule has 25 heavy (non-hydrogen) atoms. The number of benzene rings is 1. The lowest BCUT2D eigenvalue weighted by Gasteiger charge is -2.18. The Kier molecular flexibility index (Phi) is 5.63. The molecule has 0 spiro atoms. The van der Waals surface area contributed by atoms with Crippen LogP contribution in [0.15, 0.2) is 30.3 Å². The average molecular weight is 361 g/mol. The molecule has 5 nitrogen and oxygen atoms in total. The van der Waals surface area contributed by atoms with Crippen LogP contribution in [0.5, 0.6) is 0 Å². The Hall–Kier alpha value is -2.01. The van der Waals surface area contributed by atoms with Crippen LogP contribution in [0.4, 0.5) is 4.79 Å². The molecule has 0 unspecified atom stereocenters. The van der Waals surface area contributed by atoms with Crippen molar-refractivity contribution in [2.24, 2.45) is 0 Å². The third-order valence-electron chi connectivity index (χ3n) is 4.67. The number of carbonyl (C=O) groups excluding carboxylic acids is 1. The second kappa shape index (κ2) is 7.91. The van der Waals surface area contributed by atoms with Crippen LogP contribution in [-0.4, -0.2) is 40.3 Å². The van der Waals surface area contributed by atoms with Crippen LogP contribution in [0.2, 0.25) is 5.02 Å². The van der Waals surface area contributed by atoms with Crippen LogP contribution >= 0.6 is 11.6 Å². The first-order valence-electron chi connectivity index (χ1n) is 8.83. The number of amides is 2. The molecule has 1 aromatic carbocycles. The van der Waals surface area contributed by atoms with E-state index in [1.165, 1.54) is 5.56 Å². The molecule has 1 aromatic heterocycles. The zero-order valence-corrected chi connectivity index (χ0v) is 15.6. The molecule has 1 saturated heterocycles. The monoisotopic (exact) mass is 360 g/mol. The largest absolute Gasteiger partial charge is 0.338 e. The molecule has 1 N–H and O–H groups in total. The summed E-state index contributed by atoms with van der Waals surface area (Å²) in [5, 5.41) is 8.33. The highest BCUT2D eigenvalue weighted by Gasteiger charge is 2.28. The van der Waals surface area contributed by atoms with Gasteiger partial charge in [-0.2, -0.15) is 5.10 Å². The highest BCUT2D eigenvalue weighted by atomic mass is 35.5. The number of nitrogens with zero attached hydrogens (tertiary/aromatic N) is 3. The number of urea groups is 1. The van der Waals surface area contributed by atoms with Crippen molar-refractivity contribution in [1.29, 1.82) is 0 Å². The molecule has 0 aliphatic carbocycles. The Morgan fingerprint density at radius 3 is 2.76 bits per heavy atom. The Morgan fingerprint density at radius 1 is 1.32 bits per heavy atom. The van der Waals surface area contributed by atoms with E-state index in [1.807, 2.05) is 36.1 Å². The minimum absolute atomic E-state index is 0.0279. The third-order valence-corrected chi connectivity index (χ3v) is 4.92. The molecular formula is C19H25ClN4O. The summed E-state index contributed by atoms with van der Waals surface area (Å²) in [4.78, 5) is 14.2. The van der Waals surface area contributed by atoms with Crippen molar-refractivity contribution in [3.63, 3.8) is 0 Å². The molecule has 0 bridgehead atoms. The van der Waals surface area contributed by atoms with Gasteiger partial charge in [0.05, 0.1) is 11.7 Å². The second-order valence-corrected chi connectivity index (χ2v) is 7.16. The van der Waals surface area contributed by atoms with E-state index in [-0.39, 0.29) is 12.1 Å². The molecule has 134 valence electrons. The minimum Gasteiger partial charge on any atom is -0.338 e. The highest BCUT2D eigenvalue weighted by Crippen LogP contribution is 2.23. The SMILES string of the molecule is Cc1cc(C)n([C@@H]2CCN(C(=O)NCCCc3ccc(Cl)cc3)C2)n1. The smallest absolute Gasteiger partial charge is 0.317 e. The fraction of sp³-hybridized carbons (Fsp3) is 0.474. The maximum Gasteiger partial charge on any atom is 0.317 e. The van der Waals surface area contributed by atoms with Crippen molar-refractivity contribution in [3.8, 4) is 0 Å². The predicted molar refractivity (Wildman–Crippen MR) is 100 cm³/mol. The Balaban J connectivity index is 1.41. The number of hydrogen-bond acceptors (Lipinski definition) is 2. The van der Waals surface area contributed by atoms with Gasteiger partial charge in [0.15, 0.2) is 0 Å². The lowest BCUT2D eigenvalue weighted by molar-refractivity contribution is 0.206. The van der Waals surface area contributed by atoms with Crippen molar-refractivity contribution in [3.05, 3.63) is 52.3 Å². The standard InChI is InChI=1S/C19H25ClN4O/c1-14-12-15(2)24(22-14)18-9-11-23(13-18)19(25)21-10-3-4-16-5-7-17(20)8-6-16/h5-8,12,18H,3-4,9-11,13H2,1-2H3,(H,21,25)/t18-/m1/s1. The van der Waals surface area contributed by atoms with Crippen molar-refractivity contribution >= 4 is 17.6 Å². The fourth-order valence-electron chi connectivity index (χ4n) is 3.39. The lowest BCUT2D eigenvalue weighted by Crippen LogP contribution is -2.39. The van der Waals surface area contributed by atoms with Gasteiger partial charge in [0.2, 0.25) is 0 Å². The molecule has 6 heteroatoms. The Labute approximate surface area is 154 Å². The molecule has 1 aliphatic rings. The number of aromatic nitrogens is 2. The van der Waals surface area contributed by atoms with E-state index >= 15 is 0 Å². The highest BCUT2D eigenvalue weighted by molar-refractivity contribution is 6.30. The summed E-state index contributed by atoms with van der Waals surface area (Å²) in [7, 11) is 0. The zero-order valence-electron chi connectivity index (χ0n) is 14.8. The van der Waals surface area contributed by atoms with E-state index in [2.05, 4.69) is 28.1 Å². The molecule has 0 saturated carbocycles. The van der Waals surface area contributed by atoms with Crippen LogP contribution in [0, 0.1) is 13.8 Å². The number of likely N-dealkylation sites (tertiary alicyclic amines) is 1. The van der Waals surface area contributed by atoms with Gasteiger partial charge in [-0.05, 0) is 56.9 Å². The molecule has 1 fully saturated rings. The molecule has 3 rings (SSSR count). The predicted octanol–water partition coefficient (Wildman–Crippen LogP) is 3.74. The quantitative estimate of drug-likeness (QED) is 0.826. The van der Waals surface area contributed by atoms with E-state index in [0.717, 1.165) is 48.8 Å². The van der Waals surface area contributed by atoms with E-state index < -0.39 is 0 Å². The van der Waals surface area contributed by atoms with E-state index in [4.69, 9.17) is 11.6 Å². The lowest BCUT2D eigenvalue weighted by atomic mass is 10.1. The first kappa shape index (κ1) is 17.8. The van der Waals surface area contributed by atoms with Gasteiger partial charge >= 0.3 is 6.03 Å². The van der Waals surface area contributed by atoms with E-state index in [0.29, 0.717) is 6.54 Å². The van der Waals surface area contributed by atoms with Crippen molar-refractivity contribution in [1.82, 2.24) is 20.0 Å². The van der Waals surface area contributed by atoms with Crippen molar-refractivity contribution < 1.29 is 4.79 Å². The topological polar surface area (TPSA) is 50.2 Å². The van der Waals surface area contributed by atoms with Crippen LogP contribution < -0.4 is 5.32 Å². The van der Waals surface area contributed by atoms with Gasteiger partial charge in [-0.1, -0.05) is 23.7 Å². The van der Waals surface area contributed by atoms with Gasteiger partial charge in [0.1, 0.15) is 0 Å². The summed E-state index contributed by atoms with van der Waals surface area (Å²) in [5.41, 5.74) is 3.43. The van der Waals surface area contributed by atoms with Gasteiger partial charge < -0.3 is 10.2 Å². The maximum atomic E-state index is 12.3. The van der Waals surface area contributed by atoms with Crippen LogP contribution in [-0.2, 0) is 6.42 Å². The van der Waals surface area contributed by atoms with E-state index in [1.54, 1.807) is 0 Å². The van der Waals surface area contributed by atoms with Crippen LogP contribution in [0.3, 0.4) is 0 Å².